The number of carbonyl (C=O) groups excluding carboxylic acids is 1. The third-order valence-corrected chi connectivity index (χ3v) is 4.35. The van der Waals surface area contributed by atoms with Crippen molar-refractivity contribution < 1.29 is 19.4 Å². The molecule has 0 unspecified atom stereocenters. The SMILES string of the molecule is COc1ccc(CNC(=O)c2c(O)c(Cl)cc(Cl)c2Cl)cc1OC. The van der Waals surface area contributed by atoms with E-state index in [9.17, 15) is 9.90 Å². The molecule has 2 N–H and O–H groups in total. The van der Waals surface area contributed by atoms with Gasteiger partial charge in [-0.3, -0.25) is 4.79 Å². The second-order valence-corrected chi connectivity index (χ2v) is 5.94. The van der Waals surface area contributed by atoms with Crippen LogP contribution in [0.15, 0.2) is 24.3 Å². The maximum Gasteiger partial charge on any atom is 0.256 e. The van der Waals surface area contributed by atoms with Gasteiger partial charge >= 0.3 is 0 Å². The molecule has 0 aliphatic rings. The van der Waals surface area contributed by atoms with E-state index in [0.717, 1.165) is 5.56 Å². The first-order valence-electron chi connectivity index (χ1n) is 6.74. The molecule has 2 aromatic carbocycles. The summed E-state index contributed by atoms with van der Waals surface area (Å²) in [6.07, 6.45) is 0. The summed E-state index contributed by atoms with van der Waals surface area (Å²) in [5, 5.41) is 12.5. The van der Waals surface area contributed by atoms with Crippen LogP contribution in [0.2, 0.25) is 15.1 Å². The van der Waals surface area contributed by atoms with Gasteiger partial charge in [-0.1, -0.05) is 40.9 Å². The lowest BCUT2D eigenvalue weighted by molar-refractivity contribution is 0.0948. The maximum atomic E-state index is 12.3. The van der Waals surface area contributed by atoms with Gasteiger partial charge in [-0.2, -0.15) is 0 Å². The Balaban J connectivity index is 2.20. The topological polar surface area (TPSA) is 67.8 Å². The summed E-state index contributed by atoms with van der Waals surface area (Å²) < 4.78 is 10.4. The predicted octanol–water partition coefficient (Wildman–Crippen LogP) is 4.30. The molecule has 2 rings (SSSR count). The zero-order valence-corrected chi connectivity index (χ0v) is 15.1. The first kappa shape index (κ1) is 18.5. The lowest BCUT2D eigenvalue weighted by Crippen LogP contribution is -2.23. The third-order valence-electron chi connectivity index (χ3n) is 3.27. The van der Waals surface area contributed by atoms with Crippen LogP contribution in [0.1, 0.15) is 15.9 Å². The first-order chi connectivity index (χ1) is 11.4. The average molecular weight is 391 g/mol. The van der Waals surface area contributed by atoms with Crippen molar-refractivity contribution in [3.8, 4) is 17.2 Å². The van der Waals surface area contributed by atoms with Crippen molar-refractivity contribution in [2.24, 2.45) is 0 Å². The molecule has 8 heteroatoms. The second kappa shape index (κ2) is 7.83. The van der Waals surface area contributed by atoms with Gasteiger partial charge in [0.2, 0.25) is 0 Å². The number of nitrogens with one attached hydrogen (secondary N) is 1. The smallest absolute Gasteiger partial charge is 0.256 e. The van der Waals surface area contributed by atoms with Crippen molar-refractivity contribution in [1.29, 1.82) is 0 Å². The number of methoxy groups -OCH3 is 2. The second-order valence-electron chi connectivity index (χ2n) is 4.75. The van der Waals surface area contributed by atoms with Gasteiger partial charge in [0, 0.05) is 6.54 Å². The van der Waals surface area contributed by atoms with Crippen LogP contribution in [-0.4, -0.2) is 25.2 Å². The van der Waals surface area contributed by atoms with Gasteiger partial charge in [-0.15, -0.1) is 0 Å². The monoisotopic (exact) mass is 389 g/mol. The number of benzene rings is 2. The number of hydrogen-bond donors (Lipinski definition) is 2. The van der Waals surface area contributed by atoms with Gasteiger partial charge in [-0.05, 0) is 23.8 Å². The van der Waals surface area contributed by atoms with Gasteiger partial charge in [0.1, 0.15) is 11.3 Å². The van der Waals surface area contributed by atoms with Crippen molar-refractivity contribution in [2.75, 3.05) is 14.2 Å². The van der Waals surface area contributed by atoms with Crippen LogP contribution in [0.5, 0.6) is 17.2 Å². The first-order valence-corrected chi connectivity index (χ1v) is 7.88. The highest BCUT2D eigenvalue weighted by molar-refractivity contribution is 6.45. The quantitative estimate of drug-likeness (QED) is 0.747. The van der Waals surface area contributed by atoms with Crippen molar-refractivity contribution >= 4 is 40.7 Å². The van der Waals surface area contributed by atoms with Gasteiger partial charge in [0.15, 0.2) is 11.5 Å². The van der Waals surface area contributed by atoms with Crippen LogP contribution in [0.25, 0.3) is 0 Å². The summed E-state index contributed by atoms with van der Waals surface area (Å²) in [5.41, 5.74) is 0.597. The molecule has 0 radical (unpaired) electrons. The van der Waals surface area contributed by atoms with Gasteiger partial charge in [-0.25, -0.2) is 0 Å². The summed E-state index contributed by atoms with van der Waals surface area (Å²) in [7, 11) is 3.05. The molecule has 5 nitrogen and oxygen atoms in total. The molecular formula is C16H14Cl3NO4. The molecule has 24 heavy (non-hydrogen) atoms. The van der Waals surface area contributed by atoms with Crippen LogP contribution in [0.4, 0.5) is 0 Å². The molecular weight excluding hydrogens is 377 g/mol. The van der Waals surface area contributed by atoms with Crippen molar-refractivity contribution in [2.45, 2.75) is 6.54 Å². The Morgan fingerprint density at radius 3 is 2.38 bits per heavy atom. The average Bonchev–Trinajstić information content (AvgIpc) is 2.58. The maximum absolute atomic E-state index is 12.3. The number of phenolic OH excluding ortho intramolecular Hbond substituents is 1. The Morgan fingerprint density at radius 2 is 1.75 bits per heavy atom. The summed E-state index contributed by atoms with van der Waals surface area (Å²) in [6.45, 7) is 0.180. The molecule has 2 aromatic rings. The normalized spacial score (nSPS) is 10.4. The summed E-state index contributed by atoms with van der Waals surface area (Å²) in [5.74, 6) is 0.0957. The third kappa shape index (κ3) is 3.80. The van der Waals surface area contributed by atoms with Crippen LogP contribution in [-0.2, 0) is 6.54 Å². The Hall–Kier alpha value is -1.82. The summed E-state index contributed by atoms with van der Waals surface area (Å²) in [4.78, 5) is 12.3. The number of rotatable bonds is 5. The number of amides is 1. The Bertz CT molecular complexity index is 754. The van der Waals surface area contributed by atoms with E-state index in [1.165, 1.54) is 20.3 Å². The molecule has 1 amide bonds. The zero-order chi connectivity index (χ0) is 17.9. The highest BCUT2D eigenvalue weighted by Gasteiger charge is 2.21. The van der Waals surface area contributed by atoms with E-state index in [2.05, 4.69) is 5.32 Å². The van der Waals surface area contributed by atoms with Crippen LogP contribution in [0, 0.1) is 0 Å². The fourth-order valence-corrected chi connectivity index (χ4v) is 2.75. The van der Waals surface area contributed by atoms with Gasteiger partial charge in [0.25, 0.3) is 5.91 Å². The van der Waals surface area contributed by atoms with E-state index in [4.69, 9.17) is 44.3 Å². The lowest BCUT2D eigenvalue weighted by Gasteiger charge is -2.12. The number of ether oxygens (including phenoxy) is 2. The summed E-state index contributed by atoms with van der Waals surface area (Å²) in [6, 6.07) is 6.49. The summed E-state index contributed by atoms with van der Waals surface area (Å²) >= 11 is 17.7. The Morgan fingerprint density at radius 1 is 1.08 bits per heavy atom. The molecule has 0 aliphatic carbocycles. The number of halogens is 3. The number of phenols is 1. The Kier molecular flexibility index (Phi) is 6.04. The van der Waals surface area contributed by atoms with Crippen LogP contribution in [0.3, 0.4) is 0 Å². The van der Waals surface area contributed by atoms with E-state index < -0.39 is 11.7 Å². The minimum Gasteiger partial charge on any atom is -0.505 e. The lowest BCUT2D eigenvalue weighted by atomic mass is 10.1. The van der Waals surface area contributed by atoms with Crippen molar-refractivity contribution in [1.82, 2.24) is 5.32 Å². The molecule has 0 fully saturated rings. The number of carbonyl (C=O) groups is 1. The molecule has 0 atom stereocenters. The molecule has 0 bridgehead atoms. The highest BCUT2D eigenvalue weighted by Crippen LogP contribution is 2.38. The van der Waals surface area contributed by atoms with Crippen molar-refractivity contribution in [3.63, 3.8) is 0 Å². The highest BCUT2D eigenvalue weighted by atomic mass is 35.5. The molecule has 0 spiro atoms. The van der Waals surface area contributed by atoms with Gasteiger partial charge < -0.3 is 19.9 Å². The van der Waals surface area contributed by atoms with Gasteiger partial charge in [0.05, 0.1) is 29.3 Å². The molecule has 0 saturated carbocycles. The fourth-order valence-electron chi connectivity index (χ4n) is 2.05. The predicted molar refractivity (Wildman–Crippen MR) is 93.9 cm³/mol. The zero-order valence-electron chi connectivity index (χ0n) is 12.8. The van der Waals surface area contributed by atoms with E-state index in [0.29, 0.717) is 11.5 Å². The minimum atomic E-state index is -0.600. The Labute approximate surface area is 154 Å². The number of hydrogen-bond acceptors (Lipinski definition) is 4. The molecule has 128 valence electrons. The number of aromatic hydroxyl groups is 1. The van der Waals surface area contributed by atoms with Crippen molar-refractivity contribution in [3.05, 3.63) is 50.5 Å². The van der Waals surface area contributed by atoms with E-state index >= 15 is 0 Å². The molecule has 0 aliphatic heterocycles. The fraction of sp³-hybridized carbons (Fsp3) is 0.188. The minimum absolute atomic E-state index is 0.0549. The van der Waals surface area contributed by atoms with Crippen LogP contribution < -0.4 is 14.8 Å². The molecule has 0 saturated heterocycles. The van der Waals surface area contributed by atoms with E-state index in [1.807, 2.05) is 0 Å². The van der Waals surface area contributed by atoms with E-state index in [-0.39, 0.29) is 27.2 Å². The van der Waals surface area contributed by atoms with Crippen LogP contribution >= 0.6 is 34.8 Å². The molecule has 0 heterocycles. The molecule has 0 aromatic heterocycles. The standard InChI is InChI=1S/C16H14Cl3NO4/c1-23-11-4-3-8(5-12(11)24-2)7-20-16(22)13-14(19)9(17)6-10(18)15(13)21/h3-6,21H,7H2,1-2H3,(H,20,22). The largest absolute Gasteiger partial charge is 0.505 e. The van der Waals surface area contributed by atoms with E-state index in [1.54, 1.807) is 18.2 Å².